The van der Waals surface area contributed by atoms with Crippen molar-refractivity contribution in [1.82, 2.24) is 9.97 Å². The van der Waals surface area contributed by atoms with E-state index < -0.39 is 11.7 Å². The van der Waals surface area contributed by atoms with Gasteiger partial charge in [-0.25, -0.2) is 4.98 Å². The van der Waals surface area contributed by atoms with E-state index in [-0.39, 0.29) is 12.4 Å². The fraction of sp³-hybridized carbons (Fsp3) is 0.200. The molecule has 0 fully saturated rings. The first-order chi connectivity index (χ1) is 15.9. The Morgan fingerprint density at radius 1 is 1.03 bits per heavy atom. The van der Waals surface area contributed by atoms with Gasteiger partial charge in [0.15, 0.2) is 5.13 Å². The highest BCUT2D eigenvalue weighted by Gasteiger charge is 2.34. The lowest BCUT2D eigenvalue weighted by Crippen LogP contribution is -2.10. The van der Waals surface area contributed by atoms with Gasteiger partial charge in [-0.05, 0) is 55.7 Å². The molecule has 8 heteroatoms. The van der Waals surface area contributed by atoms with Crippen molar-refractivity contribution in [3.63, 3.8) is 0 Å². The lowest BCUT2D eigenvalue weighted by atomic mass is 10.1. The molecule has 0 saturated heterocycles. The molecule has 0 aliphatic rings. The second-order valence-corrected chi connectivity index (χ2v) is 8.64. The Labute approximate surface area is 194 Å². The second kappa shape index (κ2) is 10.0. The van der Waals surface area contributed by atoms with E-state index >= 15 is 0 Å². The molecule has 0 aliphatic carbocycles. The monoisotopic (exact) mass is 469 g/mol. The van der Waals surface area contributed by atoms with E-state index in [1.807, 2.05) is 49.4 Å². The first-order valence-corrected chi connectivity index (χ1v) is 11.2. The molecule has 0 amide bonds. The molecule has 0 atom stereocenters. The van der Waals surface area contributed by atoms with Crippen molar-refractivity contribution in [2.45, 2.75) is 25.9 Å². The summed E-state index contributed by atoms with van der Waals surface area (Å²) in [5.41, 5.74) is 2.22. The Balaban J connectivity index is 1.46. The number of alkyl halides is 3. The van der Waals surface area contributed by atoms with E-state index in [4.69, 9.17) is 4.74 Å². The summed E-state index contributed by atoms with van der Waals surface area (Å²) in [6.07, 6.45) is 0.208. The minimum Gasteiger partial charge on any atom is -0.493 e. The van der Waals surface area contributed by atoms with Crippen molar-refractivity contribution >= 4 is 22.2 Å². The van der Waals surface area contributed by atoms with E-state index in [1.54, 1.807) is 18.5 Å². The number of pyridine rings is 1. The molecule has 4 aromatic rings. The van der Waals surface area contributed by atoms with Crippen LogP contribution in [-0.4, -0.2) is 16.6 Å². The number of hydrogen-bond acceptors (Lipinski definition) is 5. The van der Waals surface area contributed by atoms with Gasteiger partial charge in [-0.2, -0.15) is 13.2 Å². The zero-order valence-corrected chi connectivity index (χ0v) is 18.7. The third kappa shape index (κ3) is 5.90. The molecule has 4 nitrogen and oxygen atoms in total. The highest BCUT2D eigenvalue weighted by Crippen LogP contribution is 2.39. The Hall–Kier alpha value is -3.39. The SMILES string of the molecule is Cc1sc(Nc2ccc(OCCCc3ccccc3)c(C(F)(F)F)c2)nc1-c1cccnc1. The van der Waals surface area contributed by atoms with Crippen molar-refractivity contribution in [2.24, 2.45) is 0 Å². The van der Waals surface area contributed by atoms with Crippen LogP contribution in [0.4, 0.5) is 24.0 Å². The van der Waals surface area contributed by atoms with Crippen molar-refractivity contribution < 1.29 is 17.9 Å². The Kier molecular flexibility index (Phi) is 6.93. The number of rotatable bonds is 8. The number of benzene rings is 2. The summed E-state index contributed by atoms with van der Waals surface area (Å²) in [7, 11) is 0. The standard InChI is InChI=1S/C25H22F3N3OS/c1-17-23(19-10-5-13-29-16-19)31-24(33-17)30-20-11-12-22(21(15-20)25(26,27)28)32-14-6-9-18-7-3-2-4-8-18/h2-5,7-8,10-13,15-16H,6,9,14H2,1H3,(H,30,31). The van der Waals surface area contributed by atoms with Crippen LogP contribution >= 0.6 is 11.3 Å². The molecule has 4 rings (SSSR count). The third-order valence-corrected chi connectivity index (χ3v) is 5.86. The quantitative estimate of drug-likeness (QED) is 0.275. The molecular formula is C25H22F3N3OS. The molecule has 33 heavy (non-hydrogen) atoms. The minimum atomic E-state index is -4.54. The highest BCUT2D eigenvalue weighted by molar-refractivity contribution is 7.16. The summed E-state index contributed by atoms with van der Waals surface area (Å²) in [5, 5.41) is 3.51. The van der Waals surface area contributed by atoms with Crippen LogP contribution in [0.3, 0.4) is 0 Å². The number of ether oxygens (including phenoxy) is 1. The fourth-order valence-corrected chi connectivity index (χ4v) is 4.26. The lowest BCUT2D eigenvalue weighted by Gasteiger charge is -2.15. The van der Waals surface area contributed by atoms with Crippen molar-refractivity contribution in [1.29, 1.82) is 0 Å². The number of nitrogens with one attached hydrogen (secondary N) is 1. The van der Waals surface area contributed by atoms with E-state index in [0.717, 1.165) is 34.2 Å². The van der Waals surface area contributed by atoms with Gasteiger partial charge in [0.25, 0.3) is 0 Å². The molecule has 0 unspecified atom stereocenters. The van der Waals surface area contributed by atoms with Crippen molar-refractivity contribution in [3.8, 4) is 17.0 Å². The van der Waals surface area contributed by atoms with Gasteiger partial charge in [0.05, 0.1) is 17.9 Å². The van der Waals surface area contributed by atoms with Crippen molar-refractivity contribution in [3.05, 3.63) is 89.1 Å². The van der Waals surface area contributed by atoms with Gasteiger partial charge >= 0.3 is 6.18 Å². The van der Waals surface area contributed by atoms with Gasteiger partial charge < -0.3 is 10.1 Å². The number of hydrogen-bond donors (Lipinski definition) is 1. The van der Waals surface area contributed by atoms with Gasteiger partial charge in [0.2, 0.25) is 0 Å². The van der Waals surface area contributed by atoms with Gasteiger partial charge in [-0.3, -0.25) is 4.98 Å². The molecule has 2 heterocycles. The van der Waals surface area contributed by atoms with Crippen LogP contribution in [0, 0.1) is 6.92 Å². The summed E-state index contributed by atoms with van der Waals surface area (Å²) in [5.74, 6) is -0.174. The summed E-state index contributed by atoms with van der Waals surface area (Å²) in [4.78, 5) is 9.58. The number of nitrogens with zero attached hydrogens (tertiary/aromatic N) is 2. The van der Waals surface area contributed by atoms with E-state index in [2.05, 4.69) is 15.3 Å². The van der Waals surface area contributed by atoms with E-state index in [0.29, 0.717) is 17.2 Å². The highest BCUT2D eigenvalue weighted by atomic mass is 32.1. The summed E-state index contributed by atoms with van der Waals surface area (Å²) in [6.45, 7) is 2.11. The second-order valence-electron chi connectivity index (χ2n) is 7.44. The van der Waals surface area contributed by atoms with E-state index in [1.165, 1.54) is 17.4 Å². The van der Waals surface area contributed by atoms with Gasteiger partial charge in [-0.15, -0.1) is 11.3 Å². The number of thiazole rings is 1. The first kappa shape index (κ1) is 22.8. The average Bonchev–Trinajstić information content (AvgIpc) is 3.18. The zero-order valence-electron chi connectivity index (χ0n) is 17.9. The maximum atomic E-state index is 13.7. The predicted molar refractivity (Wildman–Crippen MR) is 125 cm³/mol. The topological polar surface area (TPSA) is 47.0 Å². The fourth-order valence-electron chi connectivity index (χ4n) is 3.40. The average molecular weight is 470 g/mol. The Morgan fingerprint density at radius 2 is 1.85 bits per heavy atom. The predicted octanol–water partition coefficient (Wildman–Crippen LogP) is 7.29. The van der Waals surface area contributed by atoms with Crippen LogP contribution in [0.5, 0.6) is 5.75 Å². The van der Waals surface area contributed by atoms with Crippen molar-refractivity contribution in [2.75, 3.05) is 11.9 Å². The first-order valence-electron chi connectivity index (χ1n) is 10.4. The van der Waals surface area contributed by atoms with Gasteiger partial charge in [0.1, 0.15) is 5.75 Å². The van der Waals surface area contributed by atoms with Gasteiger partial charge in [-0.1, -0.05) is 30.3 Å². The third-order valence-electron chi connectivity index (χ3n) is 4.98. The zero-order chi connectivity index (χ0) is 23.3. The van der Waals surface area contributed by atoms with Crippen LogP contribution in [0.15, 0.2) is 73.1 Å². The molecule has 2 aromatic heterocycles. The molecule has 2 aromatic carbocycles. The van der Waals surface area contributed by atoms with Crippen LogP contribution in [0.25, 0.3) is 11.3 Å². The van der Waals surface area contributed by atoms with Crippen LogP contribution in [0.1, 0.15) is 22.4 Å². The number of aromatic nitrogens is 2. The smallest absolute Gasteiger partial charge is 0.420 e. The lowest BCUT2D eigenvalue weighted by molar-refractivity contribution is -0.138. The summed E-state index contributed by atoms with van der Waals surface area (Å²) in [6, 6.07) is 17.5. The minimum absolute atomic E-state index is 0.174. The molecule has 0 spiro atoms. The molecule has 0 saturated carbocycles. The van der Waals surface area contributed by atoms with Crippen LogP contribution in [0.2, 0.25) is 0 Å². The Bertz CT molecular complexity index is 1190. The van der Waals surface area contributed by atoms with E-state index in [9.17, 15) is 13.2 Å². The largest absolute Gasteiger partial charge is 0.493 e. The number of aryl methyl sites for hydroxylation is 2. The molecule has 0 aliphatic heterocycles. The molecule has 0 radical (unpaired) electrons. The maximum Gasteiger partial charge on any atom is 0.420 e. The Morgan fingerprint density at radius 3 is 2.58 bits per heavy atom. The molecule has 0 bridgehead atoms. The summed E-state index contributed by atoms with van der Waals surface area (Å²) < 4.78 is 46.6. The molecule has 1 N–H and O–H groups in total. The summed E-state index contributed by atoms with van der Waals surface area (Å²) >= 11 is 1.37. The molecule has 170 valence electrons. The van der Waals surface area contributed by atoms with Crippen LogP contribution in [-0.2, 0) is 12.6 Å². The maximum absolute atomic E-state index is 13.7. The van der Waals surface area contributed by atoms with Gasteiger partial charge in [0, 0.05) is 28.5 Å². The number of anilines is 2. The number of halogens is 3. The normalized spacial score (nSPS) is 11.4. The molecular weight excluding hydrogens is 447 g/mol. The van der Waals surface area contributed by atoms with Crippen LogP contribution < -0.4 is 10.1 Å².